The molecule has 0 saturated heterocycles. The summed E-state index contributed by atoms with van der Waals surface area (Å²) in [6, 6.07) is 0.174. The molecule has 3 heterocycles. The number of amides is 1. The minimum absolute atomic E-state index is 0.0430. The van der Waals surface area contributed by atoms with Gasteiger partial charge in [0.2, 0.25) is 11.8 Å². The molecule has 1 atom stereocenters. The maximum Gasteiger partial charge on any atom is 0.227 e. The number of aryl methyl sites for hydroxylation is 3. The van der Waals surface area contributed by atoms with Crippen molar-refractivity contribution in [2.24, 2.45) is 0 Å². The van der Waals surface area contributed by atoms with Crippen LogP contribution in [0.2, 0.25) is 0 Å². The van der Waals surface area contributed by atoms with Crippen LogP contribution in [0.5, 0.6) is 0 Å². The highest BCUT2D eigenvalue weighted by atomic mass is 16.5. The van der Waals surface area contributed by atoms with Gasteiger partial charge >= 0.3 is 0 Å². The van der Waals surface area contributed by atoms with Crippen LogP contribution in [-0.2, 0) is 24.2 Å². The van der Waals surface area contributed by atoms with Crippen molar-refractivity contribution >= 4 is 5.91 Å². The molecule has 2 aromatic rings. The van der Waals surface area contributed by atoms with Crippen LogP contribution in [0.15, 0.2) is 10.7 Å². The predicted molar refractivity (Wildman–Crippen MR) is 81.8 cm³/mol. The molecule has 0 spiro atoms. The van der Waals surface area contributed by atoms with E-state index in [2.05, 4.69) is 25.0 Å². The van der Waals surface area contributed by atoms with Crippen molar-refractivity contribution in [3.05, 3.63) is 29.4 Å². The van der Waals surface area contributed by atoms with Gasteiger partial charge in [-0.2, -0.15) is 4.98 Å². The lowest BCUT2D eigenvalue weighted by Gasteiger charge is -2.24. The average Bonchev–Trinajstić information content (AvgIpc) is 3.14. The van der Waals surface area contributed by atoms with Gasteiger partial charge in [-0.25, -0.2) is 4.98 Å². The molecule has 7 nitrogen and oxygen atoms in total. The van der Waals surface area contributed by atoms with Crippen molar-refractivity contribution in [1.82, 2.24) is 25.0 Å². The van der Waals surface area contributed by atoms with Crippen LogP contribution in [-0.4, -0.2) is 31.6 Å². The second-order valence-electron chi connectivity index (χ2n) is 6.57. The normalized spacial score (nSPS) is 20.3. The Morgan fingerprint density at radius 1 is 1.39 bits per heavy atom. The van der Waals surface area contributed by atoms with Gasteiger partial charge in [-0.1, -0.05) is 5.16 Å². The molecule has 1 N–H and O–H groups in total. The highest BCUT2D eigenvalue weighted by Gasteiger charge is 2.28. The Hall–Kier alpha value is -2.18. The van der Waals surface area contributed by atoms with Crippen LogP contribution in [0, 0.1) is 6.92 Å². The van der Waals surface area contributed by atoms with E-state index in [1.54, 1.807) is 0 Å². The third-order valence-electron chi connectivity index (χ3n) is 4.47. The molecule has 2 aliphatic rings. The Bertz CT molecular complexity index is 716. The molecule has 1 fully saturated rings. The smallest absolute Gasteiger partial charge is 0.227 e. The van der Waals surface area contributed by atoms with Crippen molar-refractivity contribution in [3.63, 3.8) is 0 Å². The molecule has 2 aromatic heterocycles. The van der Waals surface area contributed by atoms with E-state index in [1.165, 1.54) is 0 Å². The fourth-order valence-corrected chi connectivity index (χ4v) is 3.10. The molecule has 1 amide bonds. The zero-order chi connectivity index (χ0) is 15.8. The van der Waals surface area contributed by atoms with Crippen LogP contribution in [0.4, 0.5) is 0 Å². The first-order chi connectivity index (χ1) is 11.2. The van der Waals surface area contributed by atoms with Gasteiger partial charge in [0, 0.05) is 44.0 Å². The molecule has 1 saturated carbocycles. The zero-order valence-electron chi connectivity index (χ0n) is 13.3. The lowest BCUT2D eigenvalue weighted by atomic mass is 10.1. The monoisotopic (exact) mass is 315 g/mol. The summed E-state index contributed by atoms with van der Waals surface area (Å²) in [7, 11) is 0. The minimum Gasteiger partial charge on any atom is -0.352 e. The third kappa shape index (κ3) is 3.28. The summed E-state index contributed by atoms with van der Waals surface area (Å²) < 4.78 is 7.34. The largest absolute Gasteiger partial charge is 0.352 e. The summed E-state index contributed by atoms with van der Waals surface area (Å²) in [6.45, 7) is 2.80. The number of hydrogen-bond donors (Lipinski definition) is 1. The van der Waals surface area contributed by atoms with E-state index < -0.39 is 0 Å². The summed E-state index contributed by atoms with van der Waals surface area (Å²) in [5.74, 6) is 3.01. The highest BCUT2D eigenvalue weighted by Crippen LogP contribution is 2.38. The van der Waals surface area contributed by atoms with Crippen molar-refractivity contribution in [3.8, 4) is 0 Å². The van der Waals surface area contributed by atoms with Crippen molar-refractivity contribution in [2.45, 2.75) is 64.0 Å². The summed E-state index contributed by atoms with van der Waals surface area (Å²) in [5, 5.41) is 7.07. The number of fused-ring (bicyclic) bond motifs is 1. The molecule has 0 unspecified atom stereocenters. The number of rotatable bonds is 5. The van der Waals surface area contributed by atoms with Crippen LogP contribution >= 0.6 is 0 Å². The molecule has 4 rings (SSSR count). The summed E-state index contributed by atoms with van der Waals surface area (Å²) >= 11 is 0. The van der Waals surface area contributed by atoms with Gasteiger partial charge in [0.1, 0.15) is 5.82 Å². The molecule has 1 aliphatic heterocycles. The van der Waals surface area contributed by atoms with Crippen LogP contribution in [0.3, 0.4) is 0 Å². The minimum atomic E-state index is 0.0430. The number of nitrogens with zero attached hydrogens (tertiary/aromatic N) is 4. The fourth-order valence-electron chi connectivity index (χ4n) is 3.10. The number of aromatic nitrogens is 4. The second kappa shape index (κ2) is 5.79. The number of hydrogen-bond acceptors (Lipinski definition) is 5. The predicted octanol–water partition coefficient (Wildman–Crippen LogP) is 1.52. The Balaban J connectivity index is 1.26. The number of carbonyl (C=O) groups excluding carboxylic acids is 1. The van der Waals surface area contributed by atoms with E-state index >= 15 is 0 Å². The maximum atomic E-state index is 12.1. The lowest BCUT2D eigenvalue weighted by Crippen LogP contribution is -2.41. The van der Waals surface area contributed by atoms with Gasteiger partial charge in [-0.05, 0) is 26.2 Å². The van der Waals surface area contributed by atoms with Gasteiger partial charge in [-0.3, -0.25) is 4.79 Å². The van der Waals surface area contributed by atoms with Crippen LogP contribution in [0.25, 0.3) is 0 Å². The quantitative estimate of drug-likeness (QED) is 0.904. The van der Waals surface area contributed by atoms with E-state index in [0.717, 1.165) is 49.6 Å². The first-order valence-corrected chi connectivity index (χ1v) is 8.32. The molecule has 0 bridgehead atoms. The van der Waals surface area contributed by atoms with Gasteiger partial charge in [0.25, 0.3) is 0 Å². The number of nitrogens with one attached hydrogen (secondary N) is 1. The number of imidazole rings is 1. The van der Waals surface area contributed by atoms with Crippen molar-refractivity contribution < 1.29 is 9.32 Å². The van der Waals surface area contributed by atoms with Gasteiger partial charge < -0.3 is 14.4 Å². The Morgan fingerprint density at radius 3 is 3.09 bits per heavy atom. The van der Waals surface area contributed by atoms with E-state index in [4.69, 9.17) is 4.52 Å². The van der Waals surface area contributed by atoms with E-state index in [1.807, 2.05) is 13.1 Å². The third-order valence-corrected chi connectivity index (χ3v) is 4.47. The fraction of sp³-hybridized carbons (Fsp3) is 0.625. The van der Waals surface area contributed by atoms with Gasteiger partial charge in [0.05, 0.1) is 5.69 Å². The SMILES string of the molecule is Cc1cn2c(n1)CC[C@H](NC(=O)CCc1nc(C3CC3)no1)C2. The Kier molecular flexibility index (Phi) is 3.63. The molecule has 0 radical (unpaired) electrons. The summed E-state index contributed by atoms with van der Waals surface area (Å²) in [5.41, 5.74) is 1.04. The van der Waals surface area contributed by atoms with Crippen molar-refractivity contribution in [1.29, 1.82) is 0 Å². The molecule has 122 valence electrons. The Morgan fingerprint density at radius 2 is 2.26 bits per heavy atom. The van der Waals surface area contributed by atoms with Crippen LogP contribution < -0.4 is 5.32 Å². The lowest BCUT2D eigenvalue weighted by molar-refractivity contribution is -0.122. The first kappa shape index (κ1) is 14.4. The molecule has 0 aromatic carbocycles. The van der Waals surface area contributed by atoms with E-state index in [0.29, 0.717) is 24.7 Å². The molecule has 23 heavy (non-hydrogen) atoms. The zero-order valence-corrected chi connectivity index (χ0v) is 13.3. The Labute approximate surface area is 134 Å². The van der Waals surface area contributed by atoms with E-state index in [-0.39, 0.29) is 11.9 Å². The standard InChI is InChI=1S/C16H21N5O2/c1-10-8-21-9-12(4-5-13(21)17-10)18-14(22)6-7-15-19-16(20-23-15)11-2-3-11/h8,11-12H,2-7,9H2,1H3,(H,18,22)/t12-/m0/s1. The van der Waals surface area contributed by atoms with Crippen LogP contribution in [0.1, 0.15) is 54.8 Å². The highest BCUT2D eigenvalue weighted by molar-refractivity contribution is 5.76. The summed E-state index contributed by atoms with van der Waals surface area (Å²) in [4.78, 5) is 21.0. The first-order valence-electron chi connectivity index (χ1n) is 8.32. The van der Waals surface area contributed by atoms with Gasteiger partial charge in [-0.15, -0.1) is 0 Å². The topological polar surface area (TPSA) is 85.8 Å². The second-order valence-corrected chi connectivity index (χ2v) is 6.57. The van der Waals surface area contributed by atoms with Crippen molar-refractivity contribution in [2.75, 3.05) is 0 Å². The molecular weight excluding hydrogens is 294 g/mol. The summed E-state index contributed by atoms with van der Waals surface area (Å²) in [6.07, 6.45) is 7.09. The van der Waals surface area contributed by atoms with Gasteiger partial charge in [0.15, 0.2) is 5.82 Å². The molecule has 1 aliphatic carbocycles. The van der Waals surface area contributed by atoms with E-state index in [9.17, 15) is 4.79 Å². The number of carbonyl (C=O) groups is 1. The molecule has 7 heteroatoms. The average molecular weight is 315 g/mol. The maximum absolute atomic E-state index is 12.1. The molecular formula is C16H21N5O2.